The van der Waals surface area contributed by atoms with Crippen LogP contribution in [0.4, 0.5) is 0 Å². The molecule has 0 radical (unpaired) electrons. The number of hydrogen-bond donors (Lipinski definition) is 2. The summed E-state index contributed by atoms with van der Waals surface area (Å²) in [7, 11) is 0. The zero-order valence-corrected chi connectivity index (χ0v) is 13.6. The highest BCUT2D eigenvalue weighted by Crippen LogP contribution is 2.30. The Kier molecular flexibility index (Phi) is 6.59. The molecule has 0 saturated heterocycles. The fourth-order valence-electron chi connectivity index (χ4n) is 2.52. The lowest BCUT2D eigenvalue weighted by Gasteiger charge is -2.19. The summed E-state index contributed by atoms with van der Waals surface area (Å²) in [4.78, 5) is 12.1. The number of nitrogens with two attached hydrogens (primary N) is 1. The van der Waals surface area contributed by atoms with Crippen molar-refractivity contribution < 1.29 is 4.79 Å². The molecular formula is C14H19Cl3N2O. The van der Waals surface area contributed by atoms with Gasteiger partial charge in [-0.1, -0.05) is 35.3 Å². The normalized spacial score (nSPS) is 23.0. The minimum Gasteiger partial charge on any atom is -0.349 e. The zero-order valence-electron chi connectivity index (χ0n) is 11.2. The summed E-state index contributed by atoms with van der Waals surface area (Å²) in [5.74, 6) is 0.0758. The number of nitrogens with one attached hydrogen (secondary N) is 1. The van der Waals surface area contributed by atoms with Gasteiger partial charge in [0, 0.05) is 12.0 Å². The van der Waals surface area contributed by atoms with Gasteiger partial charge in [-0.05, 0) is 37.8 Å². The van der Waals surface area contributed by atoms with E-state index < -0.39 is 0 Å². The first-order valence-corrected chi connectivity index (χ1v) is 7.24. The van der Waals surface area contributed by atoms with Crippen molar-refractivity contribution >= 4 is 41.5 Å². The SMILES string of the molecule is CC(NC(=O)C1CCC(N)C1)c1cccc(Cl)c1Cl.Cl. The van der Waals surface area contributed by atoms with E-state index in [1.807, 2.05) is 19.1 Å². The van der Waals surface area contributed by atoms with Crippen molar-refractivity contribution in [3.05, 3.63) is 33.8 Å². The summed E-state index contributed by atoms with van der Waals surface area (Å²) in [5, 5.41) is 3.99. The highest BCUT2D eigenvalue weighted by atomic mass is 35.5. The van der Waals surface area contributed by atoms with E-state index in [-0.39, 0.29) is 36.3 Å². The Labute approximate surface area is 135 Å². The second-order valence-corrected chi connectivity index (χ2v) is 5.93. The molecule has 1 aromatic rings. The molecule has 1 saturated carbocycles. The third kappa shape index (κ3) is 4.01. The number of halogens is 3. The number of rotatable bonds is 3. The fraction of sp³-hybridized carbons (Fsp3) is 0.500. The third-order valence-electron chi connectivity index (χ3n) is 3.65. The maximum Gasteiger partial charge on any atom is 0.223 e. The second-order valence-electron chi connectivity index (χ2n) is 5.14. The first kappa shape index (κ1) is 17.6. The number of hydrogen-bond acceptors (Lipinski definition) is 2. The quantitative estimate of drug-likeness (QED) is 0.883. The van der Waals surface area contributed by atoms with Crippen LogP contribution in [0, 0.1) is 5.92 Å². The van der Waals surface area contributed by atoms with Crippen molar-refractivity contribution in [2.24, 2.45) is 11.7 Å². The summed E-state index contributed by atoms with van der Waals surface area (Å²) in [6.45, 7) is 1.91. The van der Waals surface area contributed by atoms with Crippen molar-refractivity contribution in [3.63, 3.8) is 0 Å². The highest BCUT2D eigenvalue weighted by molar-refractivity contribution is 6.42. The fourth-order valence-corrected chi connectivity index (χ4v) is 2.99. The predicted octanol–water partition coefficient (Wildman–Crippen LogP) is 3.72. The van der Waals surface area contributed by atoms with E-state index in [1.165, 1.54) is 0 Å². The molecular weight excluding hydrogens is 319 g/mol. The Morgan fingerprint density at radius 1 is 1.40 bits per heavy atom. The molecule has 0 spiro atoms. The first-order valence-electron chi connectivity index (χ1n) is 6.49. The van der Waals surface area contributed by atoms with Gasteiger partial charge in [-0.2, -0.15) is 0 Å². The summed E-state index contributed by atoms with van der Waals surface area (Å²) >= 11 is 12.1. The van der Waals surface area contributed by atoms with E-state index in [0.717, 1.165) is 24.8 Å². The summed E-state index contributed by atoms with van der Waals surface area (Å²) in [6.07, 6.45) is 2.55. The second kappa shape index (κ2) is 7.51. The number of carbonyl (C=O) groups excluding carboxylic acids is 1. The molecule has 3 N–H and O–H groups in total. The Hall–Kier alpha value is -0.480. The molecule has 1 amide bonds. The van der Waals surface area contributed by atoms with Crippen LogP contribution >= 0.6 is 35.6 Å². The lowest BCUT2D eigenvalue weighted by atomic mass is 10.0. The minimum atomic E-state index is -0.157. The van der Waals surface area contributed by atoms with Crippen molar-refractivity contribution in [3.8, 4) is 0 Å². The van der Waals surface area contributed by atoms with Gasteiger partial charge in [-0.25, -0.2) is 0 Å². The van der Waals surface area contributed by atoms with Crippen LogP contribution in [0.1, 0.15) is 37.8 Å². The van der Waals surface area contributed by atoms with E-state index in [0.29, 0.717) is 10.0 Å². The highest BCUT2D eigenvalue weighted by Gasteiger charge is 2.28. The average molecular weight is 338 g/mol. The van der Waals surface area contributed by atoms with Crippen LogP contribution < -0.4 is 11.1 Å². The Balaban J connectivity index is 0.00000200. The number of benzene rings is 1. The molecule has 0 bridgehead atoms. The minimum absolute atomic E-state index is 0. The zero-order chi connectivity index (χ0) is 14.0. The predicted molar refractivity (Wildman–Crippen MR) is 85.6 cm³/mol. The molecule has 3 atom stereocenters. The largest absolute Gasteiger partial charge is 0.349 e. The molecule has 3 unspecified atom stereocenters. The maximum absolute atomic E-state index is 12.1. The topological polar surface area (TPSA) is 55.1 Å². The Bertz CT molecular complexity index is 481. The average Bonchev–Trinajstić information content (AvgIpc) is 2.79. The van der Waals surface area contributed by atoms with Gasteiger partial charge in [0.15, 0.2) is 0 Å². The van der Waals surface area contributed by atoms with Crippen molar-refractivity contribution in [1.82, 2.24) is 5.32 Å². The molecule has 1 aromatic carbocycles. The summed E-state index contributed by atoms with van der Waals surface area (Å²) < 4.78 is 0. The van der Waals surface area contributed by atoms with E-state index in [9.17, 15) is 4.79 Å². The van der Waals surface area contributed by atoms with E-state index >= 15 is 0 Å². The van der Waals surface area contributed by atoms with E-state index in [1.54, 1.807) is 6.07 Å². The van der Waals surface area contributed by atoms with Gasteiger partial charge < -0.3 is 11.1 Å². The van der Waals surface area contributed by atoms with Gasteiger partial charge in [0.25, 0.3) is 0 Å². The van der Waals surface area contributed by atoms with Crippen LogP contribution in [-0.2, 0) is 4.79 Å². The Morgan fingerprint density at radius 2 is 2.10 bits per heavy atom. The summed E-state index contributed by atoms with van der Waals surface area (Å²) in [6, 6.07) is 5.44. The lowest BCUT2D eigenvalue weighted by molar-refractivity contribution is -0.125. The molecule has 3 nitrogen and oxygen atoms in total. The van der Waals surface area contributed by atoms with Gasteiger partial charge >= 0.3 is 0 Å². The van der Waals surface area contributed by atoms with Crippen LogP contribution in [0.25, 0.3) is 0 Å². The van der Waals surface area contributed by atoms with Gasteiger partial charge in [0.2, 0.25) is 5.91 Å². The van der Waals surface area contributed by atoms with E-state index in [2.05, 4.69) is 5.32 Å². The van der Waals surface area contributed by atoms with Crippen molar-refractivity contribution in [2.45, 2.75) is 38.3 Å². The maximum atomic E-state index is 12.1. The van der Waals surface area contributed by atoms with Crippen molar-refractivity contribution in [1.29, 1.82) is 0 Å². The molecule has 0 aromatic heterocycles. The van der Waals surface area contributed by atoms with Crippen LogP contribution in [0.15, 0.2) is 18.2 Å². The van der Waals surface area contributed by atoms with Crippen molar-refractivity contribution in [2.75, 3.05) is 0 Å². The third-order valence-corrected chi connectivity index (χ3v) is 4.48. The molecule has 1 fully saturated rings. The molecule has 20 heavy (non-hydrogen) atoms. The molecule has 0 heterocycles. The molecule has 1 aliphatic carbocycles. The smallest absolute Gasteiger partial charge is 0.223 e. The number of carbonyl (C=O) groups is 1. The first-order chi connectivity index (χ1) is 8.99. The Morgan fingerprint density at radius 3 is 2.70 bits per heavy atom. The van der Waals surface area contributed by atoms with Gasteiger partial charge in [-0.15, -0.1) is 12.4 Å². The van der Waals surface area contributed by atoms with Crippen LogP contribution in [-0.4, -0.2) is 11.9 Å². The van der Waals surface area contributed by atoms with Gasteiger partial charge in [0.1, 0.15) is 0 Å². The van der Waals surface area contributed by atoms with Crippen LogP contribution in [0.5, 0.6) is 0 Å². The van der Waals surface area contributed by atoms with Gasteiger partial charge in [-0.3, -0.25) is 4.79 Å². The summed E-state index contributed by atoms with van der Waals surface area (Å²) in [5.41, 5.74) is 6.67. The van der Waals surface area contributed by atoms with Crippen LogP contribution in [0.3, 0.4) is 0 Å². The molecule has 6 heteroatoms. The monoisotopic (exact) mass is 336 g/mol. The van der Waals surface area contributed by atoms with E-state index in [4.69, 9.17) is 28.9 Å². The van der Waals surface area contributed by atoms with Gasteiger partial charge in [0.05, 0.1) is 16.1 Å². The lowest BCUT2D eigenvalue weighted by Crippen LogP contribution is -2.32. The van der Waals surface area contributed by atoms with Crippen LogP contribution in [0.2, 0.25) is 10.0 Å². The number of amides is 1. The standard InChI is InChI=1S/C14H18Cl2N2O.ClH/c1-8(11-3-2-4-12(15)13(11)16)18-14(19)9-5-6-10(17)7-9;/h2-4,8-10H,5-7,17H2,1H3,(H,18,19);1H. The molecule has 0 aliphatic heterocycles. The molecule has 2 rings (SSSR count). The molecule has 1 aliphatic rings. The molecule has 112 valence electrons.